The first-order valence-corrected chi connectivity index (χ1v) is 10.0. The molecule has 7 nitrogen and oxygen atoms in total. The second-order valence-corrected chi connectivity index (χ2v) is 8.30. The Morgan fingerprint density at radius 3 is 2.93 bits per heavy atom. The lowest BCUT2D eigenvalue weighted by Crippen LogP contribution is -2.45. The quantitative estimate of drug-likeness (QED) is 0.820. The number of likely N-dealkylation sites (N-methyl/N-ethyl adjacent to an activating group) is 1. The number of piperidine rings is 1. The van der Waals surface area contributed by atoms with Gasteiger partial charge in [0.1, 0.15) is 23.7 Å². The van der Waals surface area contributed by atoms with E-state index in [0.717, 1.165) is 23.2 Å². The minimum atomic E-state index is -0.860. The number of likely N-dealkylation sites (tertiary alicyclic amines) is 1. The van der Waals surface area contributed by atoms with Crippen molar-refractivity contribution in [1.29, 1.82) is 0 Å². The monoisotopic (exact) mass is 400 g/mol. The smallest absolute Gasteiger partial charge is 0.162 e. The molecular formula is C21H25FN4O3. The molecule has 4 heterocycles. The Kier molecular flexibility index (Phi) is 4.64. The lowest BCUT2D eigenvalue weighted by molar-refractivity contribution is -0.0638. The Hall–Kier alpha value is -2.29. The van der Waals surface area contributed by atoms with Crippen LogP contribution in [-0.4, -0.2) is 65.5 Å². The van der Waals surface area contributed by atoms with Crippen LogP contribution >= 0.6 is 0 Å². The molecule has 2 saturated heterocycles. The molecular weight excluding hydrogens is 375 g/mol. The highest BCUT2D eigenvalue weighted by atomic mass is 19.1. The fraction of sp³-hybridized carbons (Fsp3) is 0.524. The standard InChI is InChI=1S/C21H25FN4O3/c1-11-3-4-14(16(27)5-11)20-19-15(7-18-28-10-17(19)29-18)21(25-24-20)23-13-6-12(22)8-26(2)9-13/h3-5,12-13,17-18,27H,6-10H2,1-2H3,(H,23,25)/t12-,13-,17+,18+/m1/s1. The van der Waals surface area contributed by atoms with E-state index in [1.54, 1.807) is 6.07 Å². The lowest BCUT2D eigenvalue weighted by atomic mass is 9.93. The number of anilines is 1. The van der Waals surface area contributed by atoms with E-state index in [1.165, 1.54) is 0 Å². The second-order valence-electron chi connectivity index (χ2n) is 8.30. The third kappa shape index (κ3) is 3.45. The number of aromatic hydroxyl groups is 1. The summed E-state index contributed by atoms with van der Waals surface area (Å²) >= 11 is 0. The number of hydrogen-bond donors (Lipinski definition) is 2. The van der Waals surface area contributed by atoms with Crippen LogP contribution in [0.1, 0.15) is 29.2 Å². The van der Waals surface area contributed by atoms with E-state index in [4.69, 9.17) is 9.47 Å². The van der Waals surface area contributed by atoms with Gasteiger partial charge in [0.15, 0.2) is 12.1 Å². The van der Waals surface area contributed by atoms with Gasteiger partial charge in [0.2, 0.25) is 0 Å². The van der Waals surface area contributed by atoms with Gasteiger partial charge in [-0.25, -0.2) is 4.39 Å². The molecule has 0 saturated carbocycles. The SMILES string of the molecule is Cc1ccc(-c2nnc(N[C@@H]3C[C@@H](F)CN(C)C3)c3c2[C@@H]2CO[C@H](C3)O2)c(O)c1. The van der Waals surface area contributed by atoms with Gasteiger partial charge in [-0.15, -0.1) is 10.2 Å². The highest BCUT2D eigenvalue weighted by molar-refractivity contribution is 5.73. The highest BCUT2D eigenvalue weighted by Gasteiger charge is 2.40. The molecule has 4 atom stereocenters. The van der Waals surface area contributed by atoms with E-state index >= 15 is 0 Å². The zero-order valence-corrected chi connectivity index (χ0v) is 16.6. The van der Waals surface area contributed by atoms with E-state index in [-0.39, 0.29) is 24.2 Å². The molecule has 2 N–H and O–H groups in total. The molecule has 8 heteroatoms. The molecule has 2 aromatic rings. The fourth-order valence-corrected chi connectivity index (χ4v) is 4.62. The number of aryl methyl sites for hydroxylation is 1. The molecule has 2 bridgehead atoms. The van der Waals surface area contributed by atoms with E-state index in [1.807, 2.05) is 31.0 Å². The molecule has 154 valence electrons. The summed E-state index contributed by atoms with van der Waals surface area (Å²) in [6.45, 7) is 3.58. The van der Waals surface area contributed by atoms with Gasteiger partial charge in [0.05, 0.1) is 6.61 Å². The zero-order chi connectivity index (χ0) is 20.1. The van der Waals surface area contributed by atoms with Gasteiger partial charge in [-0.2, -0.15) is 0 Å². The number of alkyl halides is 1. The maximum absolute atomic E-state index is 14.0. The average molecular weight is 400 g/mol. The van der Waals surface area contributed by atoms with Crippen molar-refractivity contribution in [2.24, 2.45) is 0 Å². The van der Waals surface area contributed by atoms with Gasteiger partial charge in [-0.05, 0) is 31.7 Å². The summed E-state index contributed by atoms with van der Waals surface area (Å²) in [5.74, 6) is 0.823. The Morgan fingerprint density at radius 1 is 1.28 bits per heavy atom. The van der Waals surface area contributed by atoms with Crippen LogP contribution in [0.2, 0.25) is 0 Å². The first-order valence-electron chi connectivity index (χ1n) is 10.0. The van der Waals surface area contributed by atoms with Gasteiger partial charge in [-0.3, -0.25) is 0 Å². The number of nitrogens with zero attached hydrogens (tertiary/aromatic N) is 3. The number of phenolic OH excluding ortho intramolecular Hbond substituents is 1. The van der Waals surface area contributed by atoms with Crippen molar-refractivity contribution in [3.8, 4) is 17.0 Å². The van der Waals surface area contributed by atoms with Crippen molar-refractivity contribution < 1.29 is 19.0 Å². The zero-order valence-electron chi connectivity index (χ0n) is 16.6. The Balaban J connectivity index is 1.56. The molecule has 5 rings (SSSR count). The predicted molar refractivity (Wildman–Crippen MR) is 106 cm³/mol. The van der Waals surface area contributed by atoms with Gasteiger partial charge < -0.3 is 24.8 Å². The predicted octanol–water partition coefficient (Wildman–Crippen LogP) is 2.58. The van der Waals surface area contributed by atoms with Crippen LogP contribution in [0, 0.1) is 6.92 Å². The van der Waals surface area contributed by atoms with Gasteiger partial charge in [0.25, 0.3) is 0 Å². The highest BCUT2D eigenvalue weighted by Crippen LogP contribution is 2.44. The molecule has 0 amide bonds. The van der Waals surface area contributed by atoms with Gasteiger partial charge >= 0.3 is 0 Å². The molecule has 0 radical (unpaired) electrons. The van der Waals surface area contributed by atoms with Crippen LogP contribution in [-0.2, 0) is 15.9 Å². The lowest BCUT2D eigenvalue weighted by Gasteiger charge is -2.34. The molecule has 2 fully saturated rings. The molecule has 3 aliphatic rings. The number of hydrogen-bond acceptors (Lipinski definition) is 7. The second kappa shape index (κ2) is 7.19. The minimum absolute atomic E-state index is 0.0396. The largest absolute Gasteiger partial charge is 0.507 e. The molecule has 0 spiro atoms. The number of aromatic nitrogens is 2. The van der Waals surface area contributed by atoms with Gasteiger partial charge in [0, 0.05) is 48.7 Å². The van der Waals surface area contributed by atoms with Crippen LogP contribution in [0.15, 0.2) is 18.2 Å². The van der Waals surface area contributed by atoms with E-state index in [9.17, 15) is 9.50 Å². The minimum Gasteiger partial charge on any atom is -0.507 e. The van der Waals surface area contributed by atoms with Crippen molar-refractivity contribution in [2.45, 2.75) is 44.4 Å². The molecule has 1 aromatic carbocycles. The molecule has 29 heavy (non-hydrogen) atoms. The summed E-state index contributed by atoms with van der Waals surface area (Å²) < 4.78 is 25.7. The Labute approximate surface area is 168 Å². The Morgan fingerprint density at radius 2 is 2.14 bits per heavy atom. The number of halogens is 1. The van der Waals surface area contributed by atoms with Crippen molar-refractivity contribution in [3.63, 3.8) is 0 Å². The molecule has 1 aromatic heterocycles. The summed E-state index contributed by atoms with van der Waals surface area (Å²) in [5, 5.41) is 22.8. The fourth-order valence-electron chi connectivity index (χ4n) is 4.62. The van der Waals surface area contributed by atoms with Crippen LogP contribution in [0.5, 0.6) is 5.75 Å². The van der Waals surface area contributed by atoms with Crippen LogP contribution < -0.4 is 5.32 Å². The van der Waals surface area contributed by atoms with Crippen LogP contribution in [0.4, 0.5) is 10.2 Å². The third-order valence-electron chi connectivity index (χ3n) is 5.89. The number of fused-ring (bicyclic) bond motifs is 4. The maximum atomic E-state index is 14.0. The average Bonchev–Trinajstić information content (AvgIpc) is 3.03. The van der Waals surface area contributed by atoms with E-state index in [0.29, 0.717) is 43.1 Å². The summed E-state index contributed by atoms with van der Waals surface area (Å²) in [7, 11) is 1.92. The third-order valence-corrected chi connectivity index (χ3v) is 5.89. The van der Waals surface area contributed by atoms with Crippen molar-refractivity contribution >= 4 is 5.82 Å². The number of rotatable bonds is 3. The number of benzene rings is 1. The molecule has 0 unspecified atom stereocenters. The van der Waals surface area contributed by atoms with E-state index < -0.39 is 6.17 Å². The summed E-state index contributed by atoms with van der Waals surface area (Å²) in [6, 6.07) is 5.47. The Bertz CT molecular complexity index is 930. The summed E-state index contributed by atoms with van der Waals surface area (Å²) in [4.78, 5) is 1.99. The van der Waals surface area contributed by atoms with Crippen LogP contribution in [0.25, 0.3) is 11.3 Å². The number of nitrogens with one attached hydrogen (secondary N) is 1. The normalized spacial score (nSPS) is 28.9. The molecule has 0 aliphatic carbocycles. The van der Waals surface area contributed by atoms with Gasteiger partial charge in [-0.1, -0.05) is 6.07 Å². The number of phenols is 1. The first kappa shape index (κ1) is 18.7. The number of ether oxygens (including phenoxy) is 2. The van der Waals surface area contributed by atoms with Crippen LogP contribution in [0.3, 0.4) is 0 Å². The van der Waals surface area contributed by atoms with Crippen molar-refractivity contribution in [3.05, 3.63) is 34.9 Å². The van der Waals surface area contributed by atoms with E-state index in [2.05, 4.69) is 15.5 Å². The summed E-state index contributed by atoms with van der Waals surface area (Å²) in [5.41, 5.74) is 4.09. The van der Waals surface area contributed by atoms with Crippen molar-refractivity contribution in [1.82, 2.24) is 15.1 Å². The molecule has 3 aliphatic heterocycles. The summed E-state index contributed by atoms with van der Waals surface area (Å²) in [6.07, 6.45) is -0.425. The first-order chi connectivity index (χ1) is 14.0. The maximum Gasteiger partial charge on any atom is 0.162 e. The topological polar surface area (TPSA) is 79.7 Å². The van der Waals surface area contributed by atoms with Crippen molar-refractivity contribution in [2.75, 3.05) is 32.1 Å².